The van der Waals surface area contributed by atoms with Gasteiger partial charge in [-0.15, -0.1) is 0 Å². The number of aromatic nitrogens is 2. The van der Waals surface area contributed by atoms with Crippen LogP contribution in [0, 0.1) is 13.8 Å². The molecule has 0 saturated carbocycles. The van der Waals surface area contributed by atoms with E-state index < -0.39 is 0 Å². The number of aliphatic hydroxyl groups excluding tert-OH is 1. The Morgan fingerprint density at radius 2 is 2.27 bits per heavy atom. The minimum Gasteiger partial charge on any atom is -0.396 e. The topological polar surface area (TPSA) is 50.1 Å². The Bertz CT molecular complexity index is 290. The third-order valence-corrected chi connectivity index (χ3v) is 2.47. The van der Waals surface area contributed by atoms with Gasteiger partial charge in [-0.1, -0.05) is 6.92 Å². The van der Waals surface area contributed by atoms with Crippen molar-refractivity contribution < 1.29 is 5.11 Å². The lowest BCUT2D eigenvalue weighted by Gasteiger charge is -2.17. The molecule has 1 rings (SSSR count). The lowest BCUT2D eigenvalue weighted by Crippen LogP contribution is -2.34. The number of nitrogens with zero attached hydrogens (tertiary/aromatic N) is 2. The highest BCUT2D eigenvalue weighted by molar-refractivity contribution is 5.06. The Morgan fingerprint density at radius 3 is 2.73 bits per heavy atom. The van der Waals surface area contributed by atoms with E-state index in [2.05, 4.69) is 30.3 Å². The van der Waals surface area contributed by atoms with Gasteiger partial charge >= 0.3 is 0 Å². The summed E-state index contributed by atoms with van der Waals surface area (Å²) in [5, 5.41) is 16.7. The molecule has 0 bridgehead atoms. The van der Waals surface area contributed by atoms with Crippen molar-refractivity contribution in [2.45, 2.75) is 39.8 Å². The molecule has 0 saturated heterocycles. The van der Waals surface area contributed by atoms with E-state index in [-0.39, 0.29) is 6.61 Å². The van der Waals surface area contributed by atoms with Crippen LogP contribution in [0.5, 0.6) is 0 Å². The Balaban J connectivity index is 2.60. The van der Waals surface area contributed by atoms with Gasteiger partial charge in [-0.25, -0.2) is 0 Å². The molecule has 0 aliphatic heterocycles. The molecule has 1 atom stereocenters. The second-order valence-corrected chi connectivity index (χ2v) is 3.88. The molecule has 0 radical (unpaired) electrons. The van der Waals surface area contributed by atoms with Crippen LogP contribution in [0.15, 0.2) is 6.07 Å². The lowest BCUT2D eigenvalue weighted by atomic mass is 10.2. The first-order chi connectivity index (χ1) is 7.17. The summed E-state index contributed by atoms with van der Waals surface area (Å²) >= 11 is 0. The molecule has 0 spiro atoms. The third kappa shape index (κ3) is 3.64. The van der Waals surface area contributed by atoms with Crippen molar-refractivity contribution in [2.24, 2.45) is 0 Å². The zero-order chi connectivity index (χ0) is 11.3. The fourth-order valence-corrected chi connectivity index (χ4v) is 1.77. The first kappa shape index (κ1) is 12.2. The van der Waals surface area contributed by atoms with E-state index in [1.54, 1.807) is 0 Å². The summed E-state index contributed by atoms with van der Waals surface area (Å²) < 4.78 is 2.00. The van der Waals surface area contributed by atoms with Gasteiger partial charge in [0.1, 0.15) is 0 Å². The summed E-state index contributed by atoms with van der Waals surface area (Å²) in [4.78, 5) is 0. The highest BCUT2D eigenvalue weighted by Gasteiger charge is 2.09. The first-order valence-electron chi connectivity index (χ1n) is 5.52. The van der Waals surface area contributed by atoms with Crippen molar-refractivity contribution in [3.63, 3.8) is 0 Å². The van der Waals surface area contributed by atoms with Crippen LogP contribution in [0.25, 0.3) is 0 Å². The summed E-state index contributed by atoms with van der Waals surface area (Å²) in [5.41, 5.74) is 2.22. The van der Waals surface area contributed by atoms with Crippen molar-refractivity contribution in [1.29, 1.82) is 0 Å². The largest absolute Gasteiger partial charge is 0.396 e. The smallest absolute Gasteiger partial charge is 0.0596 e. The molecule has 1 heterocycles. The Kier molecular flexibility index (Phi) is 4.78. The lowest BCUT2D eigenvalue weighted by molar-refractivity contribution is 0.254. The van der Waals surface area contributed by atoms with Gasteiger partial charge in [0.25, 0.3) is 0 Å². The molecule has 2 N–H and O–H groups in total. The molecule has 1 aromatic rings. The molecular weight excluding hydrogens is 190 g/mol. The van der Waals surface area contributed by atoms with Crippen LogP contribution in [0.2, 0.25) is 0 Å². The van der Waals surface area contributed by atoms with Crippen LogP contribution in [-0.4, -0.2) is 34.1 Å². The van der Waals surface area contributed by atoms with E-state index in [1.807, 2.05) is 11.6 Å². The number of hydrogen-bond donors (Lipinski definition) is 2. The van der Waals surface area contributed by atoms with Gasteiger partial charge in [-0.3, -0.25) is 4.68 Å². The van der Waals surface area contributed by atoms with Crippen LogP contribution < -0.4 is 5.32 Å². The monoisotopic (exact) mass is 211 g/mol. The number of nitrogens with one attached hydrogen (secondary N) is 1. The van der Waals surface area contributed by atoms with Crippen molar-refractivity contribution in [3.05, 3.63) is 17.5 Å². The molecule has 15 heavy (non-hydrogen) atoms. The predicted octanol–water partition coefficient (Wildman–Crippen LogP) is 0.860. The van der Waals surface area contributed by atoms with Gasteiger partial charge in [0.05, 0.1) is 12.2 Å². The van der Waals surface area contributed by atoms with Gasteiger partial charge in [0.2, 0.25) is 0 Å². The average molecular weight is 211 g/mol. The number of hydrogen-bond acceptors (Lipinski definition) is 3. The first-order valence-corrected chi connectivity index (χ1v) is 5.52. The van der Waals surface area contributed by atoms with Gasteiger partial charge < -0.3 is 10.4 Å². The quantitative estimate of drug-likeness (QED) is 0.734. The molecular formula is C11H21N3O. The van der Waals surface area contributed by atoms with E-state index in [0.717, 1.165) is 25.2 Å². The molecule has 0 aliphatic rings. The molecule has 4 heteroatoms. The van der Waals surface area contributed by atoms with E-state index >= 15 is 0 Å². The van der Waals surface area contributed by atoms with Crippen LogP contribution >= 0.6 is 0 Å². The summed E-state index contributed by atoms with van der Waals surface area (Å²) in [6.45, 7) is 8.10. The van der Waals surface area contributed by atoms with Crippen LogP contribution in [0.4, 0.5) is 0 Å². The standard InChI is InChI=1S/C11H21N3O/c1-4-12-11(5-6-15)8-14-10(3)7-9(2)13-14/h7,11-12,15H,4-6,8H2,1-3H3. The number of aliphatic hydroxyl groups is 1. The van der Waals surface area contributed by atoms with Crippen molar-refractivity contribution in [1.82, 2.24) is 15.1 Å². The summed E-state index contributed by atoms with van der Waals surface area (Å²) in [5.74, 6) is 0. The van der Waals surface area contributed by atoms with Gasteiger partial charge in [-0.2, -0.15) is 5.10 Å². The van der Waals surface area contributed by atoms with E-state index in [9.17, 15) is 0 Å². The zero-order valence-electron chi connectivity index (χ0n) is 9.82. The average Bonchev–Trinajstić information content (AvgIpc) is 2.46. The minimum absolute atomic E-state index is 0.219. The fourth-order valence-electron chi connectivity index (χ4n) is 1.77. The molecule has 0 aromatic carbocycles. The fraction of sp³-hybridized carbons (Fsp3) is 0.727. The highest BCUT2D eigenvalue weighted by Crippen LogP contribution is 2.04. The molecule has 4 nitrogen and oxygen atoms in total. The maximum Gasteiger partial charge on any atom is 0.0596 e. The van der Waals surface area contributed by atoms with Gasteiger partial charge in [0.15, 0.2) is 0 Å². The Morgan fingerprint density at radius 1 is 1.53 bits per heavy atom. The number of aryl methyl sites for hydroxylation is 2. The summed E-state index contributed by atoms with van der Waals surface area (Å²) in [6.07, 6.45) is 0.770. The normalized spacial score (nSPS) is 13.1. The van der Waals surface area contributed by atoms with Crippen molar-refractivity contribution >= 4 is 0 Å². The molecule has 1 aromatic heterocycles. The van der Waals surface area contributed by atoms with Crippen LogP contribution in [-0.2, 0) is 6.54 Å². The predicted molar refractivity (Wildman–Crippen MR) is 60.9 cm³/mol. The second kappa shape index (κ2) is 5.88. The molecule has 1 unspecified atom stereocenters. The Labute approximate surface area is 91.3 Å². The number of rotatable bonds is 6. The number of likely N-dealkylation sites (N-methyl/N-ethyl adjacent to an activating group) is 1. The van der Waals surface area contributed by atoms with E-state index in [4.69, 9.17) is 5.11 Å². The molecule has 0 fully saturated rings. The summed E-state index contributed by atoms with van der Waals surface area (Å²) in [6, 6.07) is 2.38. The van der Waals surface area contributed by atoms with Gasteiger partial charge in [0, 0.05) is 18.3 Å². The van der Waals surface area contributed by atoms with Crippen LogP contribution in [0.1, 0.15) is 24.7 Å². The summed E-state index contributed by atoms with van der Waals surface area (Å²) in [7, 11) is 0. The Hall–Kier alpha value is -0.870. The molecule has 86 valence electrons. The minimum atomic E-state index is 0.219. The maximum absolute atomic E-state index is 8.95. The molecule has 0 amide bonds. The second-order valence-electron chi connectivity index (χ2n) is 3.88. The highest BCUT2D eigenvalue weighted by atomic mass is 16.3. The van der Waals surface area contributed by atoms with E-state index in [1.165, 1.54) is 5.69 Å². The van der Waals surface area contributed by atoms with E-state index in [0.29, 0.717) is 6.04 Å². The molecule has 0 aliphatic carbocycles. The van der Waals surface area contributed by atoms with Crippen molar-refractivity contribution in [2.75, 3.05) is 13.2 Å². The third-order valence-electron chi connectivity index (χ3n) is 2.47. The van der Waals surface area contributed by atoms with Gasteiger partial charge in [-0.05, 0) is 32.9 Å². The maximum atomic E-state index is 8.95. The zero-order valence-corrected chi connectivity index (χ0v) is 9.82. The van der Waals surface area contributed by atoms with Crippen molar-refractivity contribution in [3.8, 4) is 0 Å². The SMILES string of the molecule is CCNC(CCO)Cn1nc(C)cc1C. The van der Waals surface area contributed by atoms with Crippen LogP contribution in [0.3, 0.4) is 0 Å².